The van der Waals surface area contributed by atoms with Crippen LogP contribution in [0.2, 0.25) is 0 Å². The highest BCUT2D eigenvalue weighted by molar-refractivity contribution is 6.02. The highest BCUT2D eigenvalue weighted by Crippen LogP contribution is 2.26. The molecule has 1 atom stereocenters. The van der Waals surface area contributed by atoms with Crippen LogP contribution in [0.15, 0.2) is 40.8 Å². The fourth-order valence-electron chi connectivity index (χ4n) is 2.00. The van der Waals surface area contributed by atoms with E-state index in [0.717, 1.165) is 23.4 Å². The number of para-hydroxylation sites is 1. The Hall–Kier alpha value is -2.03. The van der Waals surface area contributed by atoms with E-state index in [9.17, 15) is 4.79 Å². The third kappa shape index (κ3) is 3.05. The standard InChI is InChI=1S/C16H19NO2/c1-4-11(2)13-7-5-6-8-14(13)17-16(18)15-10-9-12(3)19-15/h5-11H,4H2,1-3H3,(H,17,18). The number of carbonyl (C=O) groups excluding carboxylic acids is 1. The van der Waals surface area contributed by atoms with Crippen molar-refractivity contribution in [2.45, 2.75) is 33.1 Å². The molecule has 2 rings (SSSR count). The molecule has 0 bridgehead atoms. The summed E-state index contributed by atoms with van der Waals surface area (Å²) >= 11 is 0. The van der Waals surface area contributed by atoms with Crippen LogP contribution < -0.4 is 5.32 Å². The lowest BCUT2D eigenvalue weighted by atomic mass is 9.97. The van der Waals surface area contributed by atoms with Gasteiger partial charge in [-0.25, -0.2) is 0 Å². The molecule has 1 amide bonds. The quantitative estimate of drug-likeness (QED) is 0.884. The molecule has 2 aromatic rings. The van der Waals surface area contributed by atoms with Crippen molar-refractivity contribution in [3.8, 4) is 0 Å². The van der Waals surface area contributed by atoms with Crippen molar-refractivity contribution in [3.05, 3.63) is 53.5 Å². The number of anilines is 1. The van der Waals surface area contributed by atoms with Gasteiger partial charge in [-0.3, -0.25) is 4.79 Å². The zero-order chi connectivity index (χ0) is 13.8. The molecule has 0 aliphatic heterocycles. The van der Waals surface area contributed by atoms with Gasteiger partial charge < -0.3 is 9.73 Å². The average Bonchev–Trinajstić information content (AvgIpc) is 2.85. The fourth-order valence-corrected chi connectivity index (χ4v) is 2.00. The topological polar surface area (TPSA) is 42.2 Å². The number of amides is 1. The lowest BCUT2D eigenvalue weighted by Gasteiger charge is -2.15. The summed E-state index contributed by atoms with van der Waals surface area (Å²) < 4.78 is 5.33. The molecular weight excluding hydrogens is 238 g/mol. The maximum Gasteiger partial charge on any atom is 0.291 e. The highest BCUT2D eigenvalue weighted by atomic mass is 16.3. The summed E-state index contributed by atoms with van der Waals surface area (Å²) in [6, 6.07) is 11.4. The minimum Gasteiger partial charge on any atom is -0.456 e. The first-order valence-corrected chi connectivity index (χ1v) is 6.58. The van der Waals surface area contributed by atoms with Crippen LogP contribution in [0.1, 0.15) is 48.1 Å². The highest BCUT2D eigenvalue weighted by Gasteiger charge is 2.14. The van der Waals surface area contributed by atoms with Crippen LogP contribution in [0, 0.1) is 6.92 Å². The molecule has 0 spiro atoms. The molecule has 1 aromatic heterocycles. The predicted molar refractivity (Wildman–Crippen MR) is 76.5 cm³/mol. The van der Waals surface area contributed by atoms with Crippen LogP contribution >= 0.6 is 0 Å². The number of furan rings is 1. The molecule has 19 heavy (non-hydrogen) atoms. The molecule has 1 unspecified atom stereocenters. The first-order valence-electron chi connectivity index (χ1n) is 6.58. The molecule has 0 saturated carbocycles. The van der Waals surface area contributed by atoms with E-state index in [1.165, 1.54) is 0 Å². The van der Waals surface area contributed by atoms with E-state index in [0.29, 0.717) is 11.7 Å². The Bertz CT molecular complexity index is 572. The molecule has 100 valence electrons. The normalized spacial score (nSPS) is 12.2. The summed E-state index contributed by atoms with van der Waals surface area (Å²) in [5.41, 5.74) is 2.01. The predicted octanol–water partition coefficient (Wildman–Crippen LogP) is 4.35. The van der Waals surface area contributed by atoms with Crippen molar-refractivity contribution < 1.29 is 9.21 Å². The number of hydrogen-bond acceptors (Lipinski definition) is 2. The number of carbonyl (C=O) groups is 1. The molecule has 0 aliphatic carbocycles. The summed E-state index contributed by atoms with van der Waals surface area (Å²) in [6.45, 7) is 6.12. The van der Waals surface area contributed by atoms with Crippen LogP contribution in [-0.4, -0.2) is 5.91 Å². The SMILES string of the molecule is CCC(C)c1ccccc1NC(=O)c1ccc(C)o1. The molecule has 3 nitrogen and oxygen atoms in total. The van der Waals surface area contributed by atoms with Crippen molar-refractivity contribution in [2.24, 2.45) is 0 Å². The van der Waals surface area contributed by atoms with Gasteiger partial charge in [0.2, 0.25) is 0 Å². The average molecular weight is 257 g/mol. The zero-order valence-corrected chi connectivity index (χ0v) is 11.6. The molecule has 0 saturated heterocycles. The summed E-state index contributed by atoms with van der Waals surface area (Å²) in [4.78, 5) is 12.1. The van der Waals surface area contributed by atoms with Crippen molar-refractivity contribution in [2.75, 3.05) is 5.32 Å². The zero-order valence-electron chi connectivity index (χ0n) is 11.6. The first-order chi connectivity index (χ1) is 9.11. The Balaban J connectivity index is 2.21. The molecule has 1 aromatic carbocycles. The summed E-state index contributed by atoms with van der Waals surface area (Å²) in [6.07, 6.45) is 1.03. The lowest BCUT2D eigenvalue weighted by Crippen LogP contribution is -2.13. The number of hydrogen-bond donors (Lipinski definition) is 1. The van der Waals surface area contributed by atoms with Gasteiger partial charge in [0.15, 0.2) is 5.76 Å². The van der Waals surface area contributed by atoms with E-state index >= 15 is 0 Å². The van der Waals surface area contributed by atoms with Crippen molar-refractivity contribution >= 4 is 11.6 Å². The van der Waals surface area contributed by atoms with Crippen molar-refractivity contribution in [1.29, 1.82) is 0 Å². The maximum atomic E-state index is 12.1. The fraction of sp³-hybridized carbons (Fsp3) is 0.312. The number of nitrogens with one attached hydrogen (secondary N) is 1. The Morgan fingerprint density at radius 3 is 2.63 bits per heavy atom. The van der Waals surface area contributed by atoms with Crippen LogP contribution in [0.5, 0.6) is 0 Å². The van der Waals surface area contributed by atoms with E-state index < -0.39 is 0 Å². The molecular formula is C16H19NO2. The van der Waals surface area contributed by atoms with E-state index in [4.69, 9.17) is 4.42 Å². The minimum atomic E-state index is -0.205. The van der Waals surface area contributed by atoms with E-state index in [1.807, 2.05) is 25.1 Å². The third-order valence-electron chi connectivity index (χ3n) is 3.32. The van der Waals surface area contributed by atoms with Crippen LogP contribution in [0.25, 0.3) is 0 Å². The van der Waals surface area contributed by atoms with Crippen LogP contribution in [-0.2, 0) is 0 Å². The van der Waals surface area contributed by atoms with Gasteiger partial charge in [0.1, 0.15) is 5.76 Å². The van der Waals surface area contributed by atoms with E-state index in [2.05, 4.69) is 25.2 Å². The summed E-state index contributed by atoms with van der Waals surface area (Å²) in [5, 5.41) is 2.92. The summed E-state index contributed by atoms with van der Waals surface area (Å²) in [7, 11) is 0. The third-order valence-corrected chi connectivity index (χ3v) is 3.32. The lowest BCUT2D eigenvalue weighted by molar-refractivity contribution is 0.0995. The molecule has 1 heterocycles. The number of benzene rings is 1. The van der Waals surface area contributed by atoms with Gasteiger partial charge in [-0.05, 0) is 43.0 Å². The van der Waals surface area contributed by atoms with Gasteiger partial charge in [0, 0.05) is 5.69 Å². The Kier molecular flexibility index (Phi) is 4.05. The Labute approximate surface area is 113 Å². The minimum absolute atomic E-state index is 0.205. The molecule has 0 fully saturated rings. The Morgan fingerprint density at radius 2 is 2.00 bits per heavy atom. The van der Waals surface area contributed by atoms with Gasteiger partial charge in [-0.15, -0.1) is 0 Å². The van der Waals surface area contributed by atoms with Gasteiger partial charge in [0.05, 0.1) is 0 Å². The maximum absolute atomic E-state index is 12.1. The van der Waals surface area contributed by atoms with Gasteiger partial charge in [0.25, 0.3) is 5.91 Å². The Morgan fingerprint density at radius 1 is 1.26 bits per heavy atom. The molecule has 3 heteroatoms. The largest absolute Gasteiger partial charge is 0.456 e. The second kappa shape index (κ2) is 5.74. The van der Waals surface area contributed by atoms with Crippen LogP contribution in [0.3, 0.4) is 0 Å². The van der Waals surface area contributed by atoms with Crippen molar-refractivity contribution in [1.82, 2.24) is 0 Å². The van der Waals surface area contributed by atoms with E-state index in [1.54, 1.807) is 12.1 Å². The molecule has 1 N–H and O–H groups in total. The van der Waals surface area contributed by atoms with Gasteiger partial charge >= 0.3 is 0 Å². The van der Waals surface area contributed by atoms with E-state index in [-0.39, 0.29) is 5.91 Å². The monoisotopic (exact) mass is 257 g/mol. The molecule has 0 aliphatic rings. The second-order valence-corrected chi connectivity index (χ2v) is 4.76. The summed E-state index contributed by atoms with van der Waals surface area (Å²) in [5.74, 6) is 1.29. The smallest absolute Gasteiger partial charge is 0.291 e. The number of aryl methyl sites for hydroxylation is 1. The molecule has 0 radical (unpaired) electrons. The van der Waals surface area contributed by atoms with Gasteiger partial charge in [-0.1, -0.05) is 32.0 Å². The van der Waals surface area contributed by atoms with Crippen LogP contribution in [0.4, 0.5) is 5.69 Å². The number of rotatable bonds is 4. The first kappa shape index (κ1) is 13.4. The second-order valence-electron chi connectivity index (χ2n) is 4.76. The van der Waals surface area contributed by atoms with Gasteiger partial charge in [-0.2, -0.15) is 0 Å². The van der Waals surface area contributed by atoms with Crippen molar-refractivity contribution in [3.63, 3.8) is 0 Å².